The van der Waals surface area contributed by atoms with Crippen LogP contribution in [-0.4, -0.2) is 18.2 Å². The van der Waals surface area contributed by atoms with Gasteiger partial charge in [0.05, 0.1) is 7.11 Å². The van der Waals surface area contributed by atoms with Crippen molar-refractivity contribution in [3.63, 3.8) is 0 Å². The lowest BCUT2D eigenvalue weighted by atomic mass is 9.99. The maximum Gasteiger partial charge on any atom is 0.346 e. The summed E-state index contributed by atoms with van der Waals surface area (Å²) in [6, 6.07) is 5.68. The van der Waals surface area contributed by atoms with Crippen LogP contribution in [0.5, 0.6) is 5.75 Å². The van der Waals surface area contributed by atoms with Gasteiger partial charge in [-0.1, -0.05) is 13.8 Å². The third-order valence-electron chi connectivity index (χ3n) is 2.71. The first-order chi connectivity index (χ1) is 8.04. The zero-order valence-corrected chi connectivity index (χ0v) is 10.8. The molecule has 90 valence electrons. The van der Waals surface area contributed by atoms with Gasteiger partial charge in [0, 0.05) is 10.1 Å². The number of hydrogen-bond acceptors (Lipinski definition) is 3. The average molecular weight is 250 g/mol. The lowest BCUT2D eigenvalue weighted by Crippen LogP contribution is -1.99. The predicted octanol–water partition coefficient (Wildman–Crippen LogP) is 3.73. The third-order valence-corrected chi connectivity index (χ3v) is 3.88. The van der Waals surface area contributed by atoms with E-state index in [9.17, 15) is 9.90 Å². The molecule has 17 heavy (non-hydrogen) atoms. The molecule has 0 aliphatic heterocycles. The molecule has 0 unspecified atom stereocenters. The summed E-state index contributed by atoms with van der Waals surface area (Å²) in [4.78, 5) is 11.7. The van der Waals surface area contributed by atoms with Crippen LogP contribution in [0.2, 0.25) is 0 Å². The van der Waals surface area contributed by atoms with Crippen molar-refractivity contribution in [3.05, 3.63) is 28.6 Å². The van der Waals surface area contributed by atoms with Crippen LogP contribution in [0.3, 0.4) is 0 Å². The Morgan fingerprint density at radius 1 is 1.41 bits per heavy atom. The van der Waals surface area contributed by atoms with Crippen LogP contribution in [0.4, 0.5) is 0 Å². The van der Waals surface area contributed by atoms with Gasteiger partial charge in [-0.25, -0.2) is 4.79 Å². The van der Waals surface area contributed by atoms with Crippen molar-refractivity contribution < 1.29 is 14.6 Å². The fourth-order valence-electron chi connectivity index (χ4n) is 1.95. The van der Waals surface area contributed by atoms with Crippen molar-refractivity contribution in [3.8, 4) is 5.75 Å². The molecular formula is C13H14O3S. The Labute approximate surface area is 104 Å². The van der Waals surface area contributed by atoms with Gasteiger partial charge in [0.1, 0.15) is 10.6 Å². The Balaban J connectivity index is 2.77. The number of thiophene rings is 1. The summed E-state index contributed by atoms with van der Waals surface area (Å²) >= 11 is 1.32. The van der Waals surface area contributed by atoms with E-state index in [1.807, 2.05) is 32.0 Å². The molecule has 4 heteroatoms. The highest BCUT2D eigenvalue weighted by Crippen LogP contribution is 2.37. The van der Waals surface area contributed by atoms with Crippen LogP contribution < -0.4 is 4.74 Å². The first-order valence-electron chi connectivity index (χ1n) is 5.38. The van der Waals surface area contributed by atoms with E-state index in [0.29, 0.717) is 4.88 Å². The van der Waals surface area contributed by atoms with Crippen molar-refractivity contribution in [2.75, 3.05) is 7.11 Å². The second kappa shape index (κ2) is 4.37. The SMILES string of the molecule is COc1ccc2sc(C(=O)O)c(C(C)C)c2c1. The van der Waals surface area contributed by atoms with Crippen LogP contribution in [0.1, 0.15) is 35.0 Å². The molecule has 0 amide bonds. The van der Waals surface area contributed by atoms with Gasteiger partial charge >= 0.3 is 5.97 Å². The molecule has 0 aliphatic rings. The lowest BCUT2D eigenvalue weighted by molar-refractivity contribution is 0.0701. The molecule has 0 radical (unpaired) electrons. The zero-order valence-electron chi connectivity index (χ0n) is 9.98. The first-order valence-corrected chi connectivity index (χ1v) is 6.20. The van der Waals surface area contributed by atoms with E-state index in [4.69, 9.17) is 4.74 Å². The van der Waals surface area contributed by atoms with E-state index in [0.717, 1.165) is 21.4 Å². The van der Waals surface area contributed by atoms with Crippen molar-refractivity contribution in [1.29, 1.82) is 0 Å². The zero-order chi connectivity index (χ0) is 12.6. The third kappa shape index (κ3) is 2.00. The smallest absolute Gasteiger partial charge is 0.346 e. The molecule has 0 fully saturated rings. The number of hydrogen-bond donors (Lipinski definition) is 1. The number of methoxy groups -OCH3 is 1. The summed E-state index contributed by atoms with van der Waals surface area (Å²) in [5, 5.41) is 10.2. The topological polar surface area (TPSA) is 46.5 Å². The molecule has 0 bridgehead atoms. The van der Waals surface area contributed by atoms with E-state index in [-0.39, 0.29) is 5.92 Å². The van der Waals surface area contributed by atoms with E-state index in [1.54, 1.807) is 7.11 Å². The number of rotatable bonds is 3. The molecule has 2 aromatic rings. The minimum absolute atomic E-state index is 0.182. The van der Waals surface area contributed by atoms with Gasteiger partial charge in [-0.3, -0.25) is 0 Å². The Morgan fingerprint density at radius 3 is 2.65 bits per heavy atom. The predicted molar refractivity (Wildman–Crippen MR) is 69.4 cm³/mol. The van der Waals surface area contributed by atoms with E-state index in [1.165, 1.54) is 11.3 Å². The van der Waals surface area contributed by atoms with Crippen LogP contribution in [0, 0.1) is 0 Å². The Hall–Kier alpha value is -1.55. The molecule has 0 aliphatic carbocycles. The Morgan fingerprint density at radius 2 is 2.12 bits per heavy atom. The normalized spacial score (nSPS) is 11.1. The molecule has 0 atom stereocenters. The molecule has 1 aromatic carbocycles. The van der Waals surface area contributed by atoms with Crippen LogP contribution >= 0.6 is 11.3 Å². The average Bonchev–Trinajstić information content (AvgIpc) is 2.66. The first kappa shape index (κ1) is 11.9. The monoisotopic (exact) mass is 250 g/mol. The second-order valence-corrected chi connectivity index (χ2v) is 5.22. The summed E-state index contributed by atoms with van der Waals surface area (Å²) < 4.78 is 6.18. The second-order valence-electron chi connectivity index (χ2n) is 4.17. The van der Waals surface area contributed by atoms with Gasteiger partial charge in [0.25, 0.3) is 0 Å². The van der Waals surface area contributed by atoms with Gasteiger partial charge in [-0.15, -0.1) is 11.3 Å². The molecule has 0 saturated carbocycles. The largest absolute Gasteiger partial charge is 0.497 e. The summed E-state index contributed by atoms with van der Waals surface area (Å²) in [6.07, 6.45) is 0. The van der Waals surface area contributed by atoms with E-state index < -0.39 is 5.97 Å². The molecular weight excluding hydrogens is 236 g/mol. The van der Waals surface area contributed by atoms with Gasteiger partial charge in [-0.2, -0.15) is 0 Å². The van der Waals surface area contributed by atoms with Gasteiger partial charge in [0.15, 0.2) is 0 Å². The van der Waals surface area contributed by atoms with Crippen molar-refractivity contribution in [2.45, 2.75) is 19.8 Å². The Bertz CT molecular complexity index is 569. The molecule has 0 saturated heterocycles. The standard InChI is InChI=1S/C13H14O3S/c1-7(2)11-9-6-8(16-3)4-5-10(9)17-12(11)13(14)15/h4-7H,1-3H3,(H,14,15). The van der Waals surface area contributed by atoms with Crippen molar-refractivity contribution in [2.24, 2.45) is 0 Å². The minimum atomic E-state index is -0.853. The minimum Gasteiger partial charge on any atom is -0.497 e. The van der Waals surface area contributed by atoms with Gasteiger partial charge < -0.3 is 9.84 Å². The van der Waals surface area contributed by atoms with E-state index >= 15 is 0 Å². The van der Waals surface area contributed by atoms with Crippen LogP contribution in [0.25, 0.3) is 10.1 Å². The van der Waals surface area contributed by atoms with Crippen molar-refractivity contribution >= 4 is 27.4 Å². The van der Waals surface area contributed by atoms with Gasteiger partial charge in [0.2, 0.25) is 0 Å². The molecule has 2 rings (SSSR count). The quantitative estimate of drug-likeness (QED) is 0.902. The fraction of sp³-hybridized carbons (Fsp3) is 0.308. The van der Waals surface area contributed by atoms with Crippen molar-refractivity contribution in [1.82, 2.24) is 0 Å². The number of carbonyl (C=O) groups is 1. The highest BCUT2D eigenvalue weighted by atomic mass is 32.1. The number of ether oxygens (including phenoxy) is 1. The maximum atomic E-state index is 11.2. The maximum absolute atomic E-state index is 11.2. The summed E-state index contributed by atoms with van der Waals surface area (Å²) in [5.41, 5.74) is 0.899. The highest BCUT2D eigenvalue weighted by molar-refractivity contribution is 7.21. The summed E-state index contributed by atoms with van der Waals surface area (Å²) in [7, 11) is 1.61. The summed E-state index contributed by atoms with van der Waals surface area (Å²) in [5.74, 6) is 0.0879. The number of aromatic carboxylic acids is 1. The summed E-state index contributed by atoms with van der Waals surface area (Å²) in [6.45, 7) is 4.01. The number of benzene rings is 1. The lowest BCUT2D eigenvalue weighted by Gasteiger charge is -2.06. The van der Waals surface area contributed by atoms with Gasteiger partial charge in [-0.05, 0) is 29.7 Å². The fourth-order valence-corrected chi connectivity index (χ4v) is 3.13. The van der Waals surface area contributed by atoms with Crippen LogP contribution in [0.15, 0.2) is 18.2 Å². The Kier molecular flexibility index (Phi) is 3.07. The van der Waals surface area contributed by atoms with Crippen LogP contribution in [-0.2, 0) is 0 Å². The molecule has 3 nitrogen and oxygen atoms in total. The molecule has 1 heterocycles. The number of carboxylic acids is 1. The molecule has 1 N–H and O–H groups in total. The molecule has 1 aromatic heterocycles. The molecule has 0 spiro atoms. The number of fused-ring (bicyclic) bond motifs is 1. The number of carboxylic acid groups (broad SMARTS) is 1. The van der Waals surface area contributed by atoms with E-state index in [2.05, 4.69) is 0 Å². The highest BCUT2D eigenvalue weighted by Gasteiger charge is 2.20.